The van der Waals surface area contributed by atoms with Crippen LogP contribution in [-0.2, 0) is 4.79 Å². The van der Waals surface area contributed by atoms with E-state index in [1.807, 2.05) is 79.0 Å². The maximum absolute atomic E-state index is 13.3. The van der Waals surface area contributed by atoms with Gasteiger partial charge in [0.05, 0.1) is 29.1 Å². The number of halogens is 1. The van der Waals surface area contributed by atoms with Crippen molar-refractivity contribution >= 4 is 57.6 Å². The molecule has 168 valence electrons. The number of hydrogen-bond donors (Lipinski definition) is 0. The Morgan fingerprint density at radius 1 is 0.971 bits per heavy atom. The average Bonchev–Trinajstić information content (AvgIpc) is 3.41. The molecule has 0 N–H and O–H groups in total. The SMILES string of the molecule is COc1ccc(N2C(=O)C(=Cc3cn(-c4ccccc4)nc3-c3ccc(Cl)cc3)SC2=S)cc1. The molecule has 0 saturated carbocycles. The molecule has 3 aromatic carbocycles. The monoisotopic (exact) mass is 503 g/mol. The molecule has 4 aromatic rings. The first-order chi connectivity index (χ1) is 16.5. The quantitative estimate of drug-likeness (QED) is 0.226. The van der Waals surface area contributed by atoms with Crippen LogP contribution in [0.3, 0.4) is 0 Å². The third-order valence-corrected chi connectivity index (χ3v) is 6.85. The number of carbonyl (C=O) groups is 1. The van der Waals surface area contributed by atoms with Gasteiger partial charge >= 0.3 is 0 Å². The molecule has 1 aliphatic rings. The lowest BCUT2D eigenvalue weighted by atomic mass is 10.1. The Bertz CT molecular complexity index is 1400. The van der Waals surface area contributed by atoms with Crippen LogP contribution in [0.1, 0.15) is 5.56 Å². The van der Waals surface area contributed by atoms with E-state index in [1.54, 1.807) is 23.9 Å². The van der Waals surface area contributed by atoms with E-state index in [1.165, 1.54) is 16.7 Å². The second kappa shape index (κ2) is 9.46. The molecule has 2 heterocycles. The molecular formula is C26H18ClN3O2S2. The first-order valence-corrected chi connectivity index (χ1v) is 12.0. The number of anilines is 1. The smallest absolute Gasteiger partial charge is 0.270 e. The van der Waals surface area contributed by atoms with Gasteiger partial charge in [-0.2, -0.15) is 5.10 Å². The van der Waals surface area contributed by atoms with Crippen LogP contribution in [0, 0.1) is 0 Å². The van der Waals surface area contributed by atoms with Gasteiger partial charge < -0.3 is 4.74 Å². The fourth-order valence-electron chi connectivity index (χ4n) is 3.60. The molecule has 34 heavy (non-hydrogen) atoms. The number of nitrogens with zero attached hydrogens (tertiary/aromatic N) is 3. The predicted octanol–water partition coefficient (Wildman–Crippen LogP) is 6.61. The van der Waals surface area contributed by atoms with Crippen LogP contribution < -0.4 is 9.64 Å². The molecule has 5 nitrogen and oxygen atoms in total. The van der Waals surface area contributed by atoms with E-state index >= 15 is 0 Å². The van der Waals surface area contributed by atoms with Crippen molar-refractivity contribution < 1.29 is 9.53 Å². The normalized spacial score (nSPS) is 14.8. The molecule has 1 saturated heterocycles. The zero-order valence-corrected chi connectivity index (χ0v) is 20.4. The number of aromatic nitrogens is 2. The van der Waals surface area contributed by atoms with Crippen LogP contribution in [0.25, 0.3) is 23.0 Å². The van der Waals surface area contributed by atoms with Crippen molar-refractivity contribution in [3.8, 4) is 22.7 Å². The van der Waals surface area contributed by atoms with Crippen molar-refractivity contribution in [1.82, 2.24) is 9.78 Å². The van der Waals surface area contributed by atoms with Crippen molar-refractivity contribution in [3.63, 3.8) is 0 Å². The van der Waals surface area contributed by atoms with Crippen molar-refractivity contribution in [1.29, 1.82) is 0 Å². The van der Waals surface area contributed by atoms with E-state index in [9.17, 15) is 4.79 Å². The summed E-state index contributed by atoms with van der Waals surface area (Å²) in [6.07, 6.45) is 3.76. The molecule has 5 rings (SSSR count). The first kappa shape index (κ1) is 22.4. The summed E-state index contributed by atoms with van der Waals surface area (Å²) in [6, 6.07) is 24.6. The Balaban J connectivity index is 1.55. The lowest BCUT2D eigenvalue weighted by Gasteiger charge is -2.14. The molecule has 0 aliphatic carbocycles. The van der Waals surface area contributed by atoms with Crippen molar-refractivity contribution in [3.05, 3.63) is 101 Å². The summed E-state index contributed by atoms with van der Waals surface area (Å²) in [7, 11) is 1.60. The molecule has 0 radical (unpaired) electrons. The van der Waals surface area contributed by atoms with Crippen LogP contribution in [0.4, 0.5) is 5.69 Å². The highest BCUT2D eigenvalue weighted by atomic mass is 35.5. The van der Waals surface area contributed by atoms with Gasteiger partial charge in [0.15, 0.2) is 4.32 Å². The first-order valence-electron chi connectivity index (χ1n) is 10.4. The lowest BCUT2D eigenvalue weighted by molar-refractivity contribution is -0.113. The Morgan fingerprint density at radius 2 is 1.68 bits per heavy atom. The minimum atomic E-state index is -0.172. The van der Waals surface area contributed by atoms with Gasteiger partial charge in [-0.25, -0.2) is 4.68 Å². The summed E-state index contributed by atoms with van der Waals surface area (Å²) in [5, 5.41) is 5.46. The second-order valence-corrected chi connectivity index (χ2v) is 9.55. The number of thiocarbonyl (C=S) groups is 1. The Hall–Kier alpha value is -3.39. The van der Waals surface area contributed by atoms with Gasteiger partial charge in [-0.3, -0.25) is 9.69 Å². The predicted molar refractivity (Wildman–Crippen MR) is 143 cm³/mol. The summed E-state index contributed by atoms with van der Waals surface area (Å²) >= 11 is 12.9. The maximum atomic E-state index is 13.3. The number of rotatable bonds is 5. The number of carbonyl (C=O) groups excluding carboxylic acids is 1. The number of amides is 1. The number of ether oxygens (including phenoxy) is 1. The minimum absolute atomic E-state index is 0.172. The van der Waals surface area contributed by atoms with Crippen molar-refractivity contribution in [2.45, 2.75) is 0 Å². The molecule has 1 aliphatic heterocycles. The fraction of sp³-hybridized carbons (Fsp3) is 0.0385. The molecular weight excluding hydrogens is 486 g/mol. The van der Waals surface area contributed by atoms with Gasteiger partial charge in [-0.05, 0) is 54.6 Å². The van der Waals surface area contributed by atoms with Gasteiger partial charge in [0.25, 0.3) is 5.91 Å². The van der Waals surface area contributed by atoms with Crippen LogP contribution in [0.2, 0.25) is 5.02 Å². The van der Waals surface area contributed by atoms with Gasteiger partial charge in [0.1, 0.15) is 5.75 Å². The summed E-state index contributed by atoms with van der Waals surface area (Å²) in [6.45, 7) is 0. The van der Waals surface area contributed by atoms with Crippen molar-refractivity contribution in [2.75, 3.05) is 12.0 Å². The van der Waals surface area contributed by atoms with E-state index in [4.69, 9.17) is 33.7 Å². The van der Waals surface area contributed by atoms with Crippen molar-refractivity contribution in [2.24, 2.45) is 0 Å². The standard InChI is InChI=1S/C26H18ClN3O2S2/c1-32-22-13-11-21(12-14-22)30-25(31)23(34-26(30)33)15-18-16-29(20-5-3-2-4-6-20)28-24(18)17-7-9-19(27)10-8-17/h2-16H,1H3. The lowest BCUT2D eigenvalue weighted by Crippen LogP contribution is -2.27. The average molecular weight is 504 g/mol. The summed E-state index contributed by atoms with van der Waals surface area (Å²) in [5.74, 6) is 0.542. The number of methoxy groups -OCH3 is 1. The molecule has 0 unspecified atom stereocenters. The van der Waals surface area contributed by atoms with Gasteiger partial charge in [-0.1, -0.05) is 65.9 Å². The van der Waals surface area contributed by atoms with Crippen LogP contribution in [0.5, 0.6) is 5.75 Å². The summed E-state index contributed by atoms with van der Waals surface area (Å²) < 4.78 is 7.50. The van der Waals surface area contributed by atoms with Crippen LogP contribution in [-0.4, -0.2) is 27.1 Å². The van der Waals surface area contributed by atoms with E-state index in [-0.39, 0.29) is 5.91 Å². The number of thioether (sulfide) groups is 1. The third-order valence-electron chi connectivity index (χ3n) is 5.29. The molecule has 1 aromatic heterocycles. The topological polar surface area (TPSA) is 47.4 Å². The van der Waals surface area contributed by atoms with Crippen LogP contribution in [0.15, 0.2) is 90.0 Å². The van der Waals surface area contributed by atoms with Gasteiger partial charge in [-0.15, -0.1) is 0 Å². The molecule has 0 atom stereocenters. The zero-order valence-electron chi connectivity index (χ0n) is 18.0. The second-order valence-electron chi connectivity index (χ2n) is 7.44. The fourth-order valence-corrected chi connectivity index (χ4v) is 5.02. The minimum Gasteiger partial charge on any atom is -0.497 e. The zero-order chi connectivity index (χ0) is 23.7. The third kappa shape index (κ3) is 4.37. The Kier molecular flexibility index (Phi) is 6.24. The van der Waals surface area contributed by atoms with E-state index in [2.05, 4.69) is 0 Å². The number of para-hydroxylation sites is 1. The molecule has 0 spiro atoms. The number of benzene rings is 3. The highest BCUT2D eigenvalue weighted by Crippen LogP contribution is 2.38. The maximum Gasteiger partial charge on any atom is 0.270 e. The molecule has 1 fully saturated rings. The summed E-state index contributed by atoms with van der Waals surface area (Å²) in [4.78, 5) is 15.4. The van der Waals surface area contributed by atoms with Gasteiger partial charge in [0.2, 0.25) is 0 Å². The largest absolute Gasteiger partial charge is 0.497 e. The molecule has 8 heteroatoms. The Labute approximate surface area is 211 Å². The van der Waals surface area contributed by atoms with E-state index in [0.29, 0.717) is 25.7 Å². The highest BCUT2D eigenvalue weighted by Gasteiger charge is 2.33. The Morgan fingerprint density at radius 3 is 2.35 bits per heavy atom. The highest BCUT2D eigenvalue weighted by molar-refractivity contribution is 8.27. The van der Waals surface area contributed by atoms with E-state index < -0.39 is 0 Å². The van der Waals surface area contributed by atoms with Crippen LogP contribution >= 0.6 is 35.6 Å². The molecule has 0 bridgehead atoms. The van der Waals surface area contributed by atoms with E-state index in [0.717, 1.165) is 22.5 Å². The van der Waals surface area contributed by atoms with Gasteiger partial charge in [0, 0.05) is 22.3 Å². The summed E-state index contributed by atoms with van der Waals surface area (Å²) in [5.41, 5.74) is 4.07. The molecule has 1 amide bonds. The number of hydrogen-bond acceptors (Lipinski definition) is 5.